The van der Waals surface area contributed by atoms with Crippen LogP contribution in [-0.4, -0.2) is 35.2 Å². The van der Waals surface area contributed by atoms with Crippen molar-refractivity contribution in [2.45, 2.75) is 19.1 Å². The maximum Gasteiger partial charge on any atom is 0.261 e. The second-order valence-corrected chi connectivity index (χ2v) is 6.55. The molecule has 4 rings (SSSR count). The number of benzene rings is 1. The van der Waals surface area contributed by atoms with E-state index in [1.165, 1.54) is 0 Å². The second kappa shape index (κ2) is 8.63. The molecule has 0 radical (unpaired) electrons. The Morgan fingerprint density at radius 2 is 1.93 bits per heavy atom. The topological polar surface area (TPSA) is 64.6 Å². The lowest BCUT2D eigenvalue weighted by Gasteiger charge is -2.22. The molecule has 1 unspecified atom stereocenters. The molecule has 1 aromatic carbocycles. The average Bonchev–Trinajstić information content (AvgIpc) is 3.26. The van der Waals surface area contributed by atoms with E-state index in [2.05, 4.69) is 9.97 Å². The molecule has 0 N–H and O–H groups in total. The Kier molecular flexibility index (Phi) is 5.58. The first-order chi connectivity index (χ1) is 13.8. The van der Waals surface area contributed by atoms with E-state index in [1.54, 1.807) is 29.4 Å². The third kappa shape index (κ3) is 4.35. The average molecular weight is 375 g/mol. The quantitative estimate of drug-likeness (QED) is 0.660. The van der Waals surface area contributed by atoms with Crippen LogP contribution >= 0.6 is 0 Å². The number of pyridine rings is 2. The number of carbonyl (C=O) groups is 1. The normalized spacial score (nSPS) is 15.9. The zero-order valence-electron chi connectivity index (χ0n) is 15.4. The molecular formula is C22H21N3O3. The van der Waals surface area contributed by atoms with Crippen LogP contribution in [0.25, 0.3) is 0 Å². The predicted octanol–water partition coefficient (Wildman–Crippen LogP) is 3.49. The number of amides is 1. The van der Waals surface area contributed by atoms with Gasteiger partial charge in [-0.15, -0.1) is 0 Å². The molecule has 2 aromatic heterocycles. The van der Waals surface area contributed by atoms with Gasteiger partial charge in [-0.2, -0.15) is 0 Å². The smallest absolute Gasteiger partial charge is 0.261 e. The van der Waals surface area contributed by atoms with Crippen LogP contribution in [-0.2, 0) is 11.3 Å². The molecule has 1 fully saturated rings. The summed E-state index contributed by atoms with van der Waals surface area (Å²) in [5, 5.41) is 0. The van der Waals surface area contributed by atoms with Crippen molar-refractivity contribution >= 4 is 11.7 Å². The molecule has 142 valence electrons. The largest absolute Gasteiger partial charge is 0.472 e. The van der Waals surface area contributed by atoms with Crippen LogP contribution in [0.5, 0.6) is 5.88 Å². The number of hydrogen-bond acceptors (Lipinski definition) is 5. The second-order valence-electron chi connectivity index (χ2n) is 6.55. The van der Waals surface area contributed by atoms with E-state index in [0.29, 0.717) is 37.0 Å². The van der Waals surface area contributed by atoms with Gasteiger partial charge in [0.25, 0.3) is 5.91 Å². The molecule has 0 bridgehead atoms. The predicted molar refractivity (Wildman–Crippen MR) is 105 cm³/mol. The Morgan fingerprint density at radius 3 is 2.61 bits per heavy atom. The van der Waals surface area contributed by atoms with E-state index in [0.717, 1.165) is 12.0 Å². The summed E-state index contributed by atoms with van der Waals surface area (Å²) in [7, 11) is 0. The molecule has 3 heterocycles. The zero-order valence-corrected chi connectivity index (χ0v) is 15.4. The molecule has 1 aliphatic heterocycles. The highest BCUT2D eigenvalue weighted by Crippen LogP contribution is 2.19. The van der Waals surface area contributed by atoms with Crippen LogP contribution < -0.4 is 9.64 Å². The first-order valence-corrected chi connectivity index (χ1v) is 9.27. The Bertz CT molecular complexity index is 895. The summed E-state index contributed by atoms with van der Waals surface area (Å²) in [6.45, 7) is 1.71. The van der Waals surface area contributed by atoms with Crippen LogP contribution in [0.3, 0.4) is 0 Å². The van der Waals surface area contributed by atoms with E-state index in [4.69, 9.17) is 9.47 Å². The molecule has 1 saturated heterocycles. The van der Waals surface area contributed by atoms with Crippen LogP contribution in [0.1, 0.15) is 22.3 Å². The fourth-order valence-corrected chi connectivity index (χ4v) is 3.05. The number of aromatic nitrogens is 2. The number of rotatable bonds is 6. The SMILES string of the molecule is O=C(c1ccc(OC2CCOC2)nc1)N(Cc1ccccc1)c1ccccn1. The van der Waals surface area contributed by atoms with Gasteiger partial charge in [0.15, 0.2) is 0 Å². The van der Waals surface area contributed by atoms with Crippen molar-refractivity contribution in [1.29, 1.82) is 0 Å². The molecule has 6 nitrogen and oxygen atoms in total. The van der Waals surface area contributed by atoms with Gasteiger partial charge in [0.05, 0.1) is 25.3 Å². The summed E-state index contributed by atoms with van der Waals surface area (Å²) < 4.78 is 11.1. The third-order valence-electron chi connectivity index (χ3n) is 4.51. The van der Waals surface area contributed by atoms with E-state index < -0.39 is 0 Å². The first kappa shape index (κ1) is 18.1. The minimum absolute atomic E-state index is 0.0251. The highest BCUT2D eigenvalue weighted by Gasteiger charge is 2.21. The van der Waals surface area contributed by atoms with Crippen molar-refractivity contribution < 1.29 is 14.3 Å². The first-order valence-electron chi connectivity index (χ1n) is 9.27. The van der Waals surface area contributed by atoms with Crippen molar-refractivity contribution in [3.05, 3.63) is 84.2 Å². The third-order valence-corrected chi connectivity index (χ3v) is 4.51. The molecule has 0 spiro atoms. The Balaban J connectivity index is 1.54. The fourth-order valence-electron chi connectivity index (χ4n) is 3.05. The van der Waals surface area contributed by atoms with Crippen molar-refractivity contribution in [3.63, 3.8) is 0 Å². The lowest BCUT2D eigenvalue weighted by molar-refractivity contribution is 0.0983. The minimum Gasteiger partial charge on any atom is -0.472 e. The number of ether oxygens (including phenoxy) is 2. The Labute approximate surface area is 163 Å². The van der Waals surface area contributed by atoms with Crippen LogP contribution in [0, 0.1) is 0 Å². The van der Waals surface area contributed by atoms with Crippen LogP contribution in [0.15, 0.2) is 73.1 Å². The molecular weight excluding hydrogens is 354 g/mol. The van der Waals surface area contributed by atoms with E-state index in [-0.39, 0.29) is 12.0 Å². The number of hydrogen-bond donors (Lipinski definition) is 0. The van der Waals surface area contributed by atoms with Crippen LogP contribution in [0.2, 0.25) is 0 Å². The van der Waals surface area contributed by atoms with Crippen molar-refractivity contribution in [3.8, 4) is 5.88 Å². The Hall–Kier alpha value is -3.25. The fraction of sp³-hybridized carbons (Fsp3) is 0.227. The van der Waals surface area contributed by atoms with Gasteiger partial charge >= 0.3 is 0 Å². The maximum atomic E-state index is 13.2. The van der Waals surface area contributed by atoms with Crippen molar-refractivity contribution in [2.75, 3.05) is 18.1 Å². The van der Waals surface area contributed by atoms with E-state index in [1.807, 2.05) is 48.5 Å². The molecule has 6 heteroatoms. The minimum atomic E-state index is -0.161. The van der Waals surface area contributed by atoms with E-state index in [9.17, 15) is 4.79 Å². The molecule has 1 amide bonds. The molecule has 1 atom stereocenters. The van der Waals surface area contributed by atoms with Gasteiger partial charge in [-0.3, -0.25) is 9.69 Å². The number of carbonyl (C=O) groups excluding carboxylic acids is 1. The highest BCUT2D eigenvalue weighted by atomic mass is 16.5. The van der Waals surface area contributed by atoms with Gasteiger partial charge < -0.3 is 9.47 Å². The molecule has 0 aliphatic carbocycles. The Morgan fingerprint density at radius 1 is 1.07 bits per heavy atom. The van der Waals surface area contributed by atoms with E-state index >= 15 is 0 Å². The van der Waals surface area contributed by atoms with Gasteiger partial charge in [-0.05, 0) is 23.8 Å². The number of anilines is 1. The molecule has 28 heavy (non-hydrogen) atoms. The lowest BCUT2D eigenvalue weighted by Crippen LogP contribution is -2.31. The summed E-state index contributed by atoms with van der Waals surface area (Å²) in [5.74, 6) is 0.935. The summed E-state index contributed by atoms with van der Waals surface area (Å²) in [4.78, 5) is 23.5. The summed E-state index contributed by atoms with van der Waals surface area (Å²) in [5.41, 5.74) is 1.51. The van der Waals surface area contributed by atoms with Crippen molar-refractivity contribution in [2.24, 2.45) is 0 Å². The monoisotopic (exact) mass is 375 g/mol. The maximum absolute atomic E-state index is 13.2. The van der Waals surface area contributed by atoms with Crippen LogP contribution in [0.4, 0.5) is 5.82 Å². The highest BCUT2D eigenvalue weighted by molar-refractivity contribution is 6.05. The summed E-state index contributed by atoms with van der Waals surface area (Å²) in [6.07, 6.45) is 4.11. The van der Waals surface area contributed by atoms with Gasteiger partial charge in [-0.25, -0.2) is 9.97 Å². The number of nitrogens with zero attached hydrogens (tertiary/aromatic N) is 3. The zero-order chi connectivity index (χ0) is 19.2. The molecule has 3 aromatic rings. The van der Waals surface area contributed by atoms with Gasteiger partial charge in [0.2, 0.25) is 5.88 Å². The summed E-state index contributed by atoms with van der Waals surface area (Å²) >= 11 is 0. The molecule has 0 saturated carbocycles. The van der Waals surface area contributed by atoms with Crippen molar-refractivity contribution in [1.82, 2.24) is 9.97 Å². The molecule has 1 aliphatic rings. The van der Waals surface area contributed by atoms with Gasteiger partial charge in [-0.1, -0.05) is 36.4 Å². The van der Waals surface area contributed by atoms with Gasteiger partial charge in [0, 0.05) is 24.9 Å². The van der Waals surface area contributed by atoms with Gasteiger partial charge in [0.1, 0.15) is 11.9 Å². The summed E-state index contributed by atoms with van der Waals surface area (Å²) in [6, 6.07) is 18.8. The standard InChI is InChI=1S/C22H21N3O3/c26-22(18-9-10-21(24-14-18)28-19-11-13-27-16-19)25(20-8-4-5-12-23-20)15-17-6-2-1-3-7-17/h1-10,12,14,19H,11,13,15-16H2. The lowest BCUT2D eigenvalue weighted by atomic mass is 10.2.